The lowest BCUT2D eigenvalue weighted by atomic mass is 9.92. The van der Waals surface area contributed by atoms with Gasteiger partial charge in [-0.25, -0.2) is 27.4 Å². The summed E-state index contributed by atoms with van der Waals surface area (Å²) in [6.07, 6.45) is -0.568. The molecule has 0 spiro atoms. The molecule has 11 heteroatoms. The van der Waals surface area contributed by atoms with E-state index in [9.17, 15) is 22.8 Å². The van der Waals surface area contributed by atoms with E-state index in [1.165, 1.54) is 4.68 Å². The predicted octanol–water partition coefficient (Wildman–Crippen LogP) is 7.41. The molecule has 1 aromatic heterocycles. The second-order valence-electron chi connectivity index (χ2n) is 11.6. The highest BCUT2D eigenvalue weighted by molar-refractivity contribution is 5.99. The fourth-order valence-corrected chi connectivity index (χ4v) is 4.07. The maximum absolute atomic E-state index is 14.2. The Morgan fingerprint density at radius 2 is 1.63 bits per heavy atom. The quantitative estimate of drug-likeness (QED) is 0.219. The maximum atomic E-state index is 14.2. The molecule has 8 nitrogen and oxygen atoms in total. The van der Waals surface area contributed by atoms with Gasteiger partial charge in [-0.15, -0.1) is 0 Å². The molecule has 216 valence electrons. The van der Waals surface area contributed by atoms with Gasteiger partial charge < -0.3 is 15.4 Å². The van der Waals surface area contributed by atoms with Gasteiger partial charge in [-0.1, -0.05) is 45.0 Å². The Kier molecular flexibility index (Phi) is 8.01. The Hall–Kier alpha value is -4.54. The second-order valence-corrected chi connectivity index (χ2v) is 11.6. The molecule has 0 bridgehead atoms. The first kappa shape index (κ1) is 29.4. The molecule has 0 saturated heterocycles. The minimum Gasteiger partial charge on any atom is -0.444 e. The van der Waals surface area contributed by atoms with Crippen molar-refractivity contribution in [3.63, 3.8) is 0 Å². The molecule has 3 aromatic carbocycles. The number of alkyl carbamates (subject to hydrolysis) is 1. The largest absolute Gasteiger partial charge is 0.444 e. The number of ether oxygens (including phenoxy) is 1. The van der Waals surface area contributed by atoms with Crippen LogP contribution < -0.4 is 16.0 Å². The van der Waals surface area contributed by atoms with Gasteiger partial charge in [-0.3, -0.25) is 5.32 Å². The zero-order chi connectivity index (χ0) is 30.1. The lowest BCUT2D eigenvalue weighted by molar-refractivity contribution is 0.0523. The lowest BCUT2D eigenvalue weighted by Gasteiger charge is -2.20. The number of nitrogens with zero attached hydrogens (tertiary/aromatic N) is 2. The third-order valence-electron chi connectivity index (χ3n) is 5.96. The van der Waals surface area contributed by atoms with Crippen LogP contribution in [-0.4, -0.2) is 27.5 Å². The van der Waals surface area contributed by atoms with Gasteiger partial charge in [0.05, 0.1) is 17.1 Å². The molecule has 0 aliphatic heterocycles. The van der Waals surface area contributed by atoms with E-state index < -0.39 is 46.3 Å². The smallest absolute Gasteiger partial charge is 0.407 e. The van der Waals surface area contributed by atoms with Crippen LogP contribution in [0, 0.1) is 17.5 Å². The Balaban J connectivity index is 1.71. The molecule has 0 saturated carbocycles. The summed E-state index contributed by atoms with van der Waals surface area (Å²) in [6.45, 7) is 11.3. The first-order valence-corrected chi connectivity index (χ1v) is 12.9. The van der Waals surface area contributed by atoms with Gasteiger partial charge in [-0.2, -0.15) is 5.10 Å². The molecule has 0 aliphatic carbocycles. The molecule has 0 unspecified atom stereocenters. The van der Waals surface area contributed by atoms with Gasteiger partial charge >= 0.3 is 12.1 Å². The van der Waals surface area contributed by atoms with Gasteiger partial charge in [0.25, 0.3) is 0 Å². The Bertz CT molecular complexity index is 1620. The van der Waals surface area contributed by atoms with Gasteiger partial charge in [-0.05, 0) is 49.2 Å². The number of benzene rings is 3. The molecule has 0 fully saturated rings. The van der Waals surface area contributed by atoms with Crippen molar-refractivity contribution in [2.24, 2.45) is 0 Å². The number of urea groups is 1. The van der Waals surface area contributed by atoms with Gasteiger partial charge in [0.2, 0.25) is 0 Å². The number of rotatable bonds is 5. The summed E-state index contributed by atoms with van der Waals surface area (Å²) in [5, 5.41) is 14.0. The standard InChI is InChI=1S/C30H32F3N5O3/c1-29(2,3)24-15-25(36-27(39)35-23-14-19(31)13-22(32)26(23)33)38(37-24)20-11-17-9-7-8-10-21(17)18(12-20)16-34-28(40)41-30(4,5)6/h7-15H,16H2,1-6H3,(H,34,40)(H2,35,36,39). The van der Waals surface area contributed by atoms with Crippen molar-refractivity contribution in [2.75, 3.05) is 10.6 Å². The highest BCUT2D eigenvalue weighted by Crippen LogP contribution is 2.30. The first-order chi connectivity index (χ1) is 19.1. The lowest BCUT2D eigenvalue weighted by Crippen LogP contribution is -2.32. The van der Waals surface area contributed by atoms with E-state index in [1.807, 2.05) is 57.2 Å². The van der Waals surface area contributed by atoms with Crippen LogP contribution in [0.4, 0.5) is 34.3 Å². The zero-order valence-electron chi connectivity index (χ0n) is 23.7. The number of fused-ring (bicyclic) bond motifs is 1. The predicted molar refractivity (Wildman–Crippen MR) is 152 cm³/mol. The van der Waals surface area contributed by atoms with E-state index in [1.54, 1.807) is 26.8 Å². The number of carbonyl (C=O) groups is 2. The summed E-state index contributed by atoms with van der Waals surface area (Å²) in [4.78, 5) is 25.2. The average molecular weight is 568 g/mol. The van der Waals surface area contributed by atoms with E-state index in [4.69, 9.17) is 9.84 Å². The molecule has 3 amide bonds. The zero-order valence-corrected chi connectivity index (χ0v) is 23.7. The number of aromatic nitrogens is 2. The van der Waals surface area contributed by atoms with Crippen LogP contribution in [0.5, 0.6) is 0 Å². The van der Waals surface area contributed by atoms with E-state index >= 15 is 0 Å². The van der Waals surface area contributed by atoms with Crippen molar-refractivity contribution >= 4 is 34.4 Å². The minimum absolute atomic E-state index is 0.157. The minimum atomic E-state index is -1.43. The van der Waals surface area contributed by atoms with Crippen LogP contribution in [-0.2, 0) is 16.7 Å². The molecule has 0 aliphatic rings. The SMILES string of the molecule is CC(C)(C)OC(=O)NCc1cc(-n2nc(C(C)(C)C)cc2NC(=O)Nc2cc(F)cc(F)c2F)cc2ccccc12. The molecular formula is C30H32F3N5O3. The fraction of sp³-hybridized carbons (Fsp3) is 0.300. The van der Waals surface area contributed by atoms with Crippen molar-refractivity contribution in [3.05, 3.63) is 83.3 Å². The van der Waals surface area contributed by atoms with Crippen LogP contribution in [0.2, 0.25) is 0 Å². The van der Waals surface area contributed by atoms with Crippen LogP contribution in [0.3, 0.4) is 0 Å². The van der Waals surface area contributed by atoms with Gasteiger partial charge in [0.15, 0.2) is 11.6 Å². The fourth-order valence-electron chi connectivity index (χ4n) is 4.07. The molecule has 41 heavy (non-hydrogen) atoms. The molecule has 4 aromatic rings. The van der Waals surface area contributed by atoms with E-state index in [0.717, 1.165) is 16.3 Å². The number of hydrogen-bond acceptors (Lipinski definition) is 4. The summed E-state index contributed by atoms with van der Waals surface area (Å²) in [7, 11) is 0. The summed E-state index contributed by atoms with van der Waals surface area (Å²) in [6, 6.07) is 13.1. The maximum Gasteiger partial charge on any atom is 0.407 e. The summed E-state index contributed by atoms with van der Waals surface area (Å²) < 4.78 is 48.3. The number of halogens is 3. The number of amides is 3. The number of carbonyl (C=O) groups excluding carboxylic acids is 2. The van der Waals surface area contributed by atoms with Crippen molar-refractivity contribution < 1.29 is 27.5 Å². The number of nitrogens with one attached hydrogen (secondary N) is 3. The van der Waals surface area contributed by atoms with Crippen molar-refractivity contribution in [3.8, 4) is 5.69 Å². The van der Waals surface area contributed by atoms with Crippen LogP contribution in [0.15, 0.2) is 54.6 Å². The summed E-state index contributed by atoms with van der Waals surface area (Å²) in [5.41, 5.74) is 0.255. The molecular weight excluding hydrogens is 535 g/mol. The highest BCUT2D eigenvalue weighted by atomic mass is 19.2. The van der Waals surface area contributed by atoms with E-state index in [-0.39, 0.29) is 12.4 Å². The average Bonchev–Trinajstić information content (AvgIpc) is 3.28. The second kappa shape index (κ2) is 11.1. The van der Waals surface area contributed by atoms with Crippen LogP contribution >= 0.6 is 0 Å². The van der Waals surface area contributed by atoms with E-state index in [0.29, 0.717) is 23.5 Å². The Morgan fingerprint density at radius 3 is 2.32 bits per heavy atom. The molecule has 0 radical (unpaired) electrons. The topological polar surface area (TPSA) is 97.3 Å². The molecule has 1 heterocycles. The van der Waals surface area contributed by atoms with Crippen molar-refractivity contribution in [1.82, 2.24) is 15.1 Å². The number of anilines is 2. The molecule has 0 atom stereocenters. The van der Waals surface area contributed by atoms with E-state index in [2.05, 4.69) is 16.0 Å². The van der Waals surface area contributed by atoms with Crippen LogP contribution in [0.1, 0.15) is 52.8 Å². The van der Waals surface area contributed by atoms with Crippen molar-refractivity contribution in [1.29, 1.82) is 0 Å². The third kappa shape index (κ3) is 7.16. The number of hydrogen-bond donors (Lipinski definition) is 3. The van der Waals surface area contributed by atoms with Crippen LogP contribution in [0.25, 0.3) is 16.5 Å². The molecule has 3 N–H and O–H groups in total. The molecule has 4 rings (SSSR count). The van der Waals surface area contributed by atoms with Crippen molar-refractivity contribution in [2.45, 2.75) is 59.1 Å². The Labute approximate surface area is 235 Å². The summed E-state index contributed by atoms with van der Waals surface area (Å²) >= 11 is 0. The third-order valence-corrected chi connectivity index (χ3v) is 5.96. The Morgan fingerprint density at radius 1 is 0.927 bits per heavy atom. The summed E-state index contributed by atoms with van der Waals surface area (Å²) in [5.74, 6) is -3.62. The van der Waals surface area contributed by atoms with Gasteiger partial charge in [0.1, 0.15) is 17.2 Å². The van der Waals surface area contributed by atoms with Gasteiger partial charge in [0, 0.05) is 30.2 Å². The monoisotopic (exact) mass is 567 g/mol. The normalized spacial score (nSPS) is 11.8. The first-order valence-electron chi connectivity index (χ1n) is 12.9. The highest BCUT2D eigenvalue weighted by Gasteiger charge is 2.23.